The molecule has 0 saturated carbocycles. The van der Waals surface area contributed by atoms with Crippen LogP contribution in [0.4, 0.5) is 0 Å². The number of rotatable bonds is 5. The Kier molecular flexibility index (Phi) is 4.32. The molecule has 0 fully saturated rings. The van der Waals surface area contributed by atoms with Crippen LogP contribution in [0, 0.1) is 0 Å². The lowest BCUT2D eigenvalue weighted by Crippen LogP contribution is -1.99. The normalized spacial score (nSPS) is 12.6. The minimum absolute atomic E-state index is 0.127. The minimum atomic E-state index is 0.127. The van der Waals surface area contributed by atoms with Crippen LogP contribution in [0.15, 0.2) is 24.3 Å². The second kappa shape index (κ2) is 5.97. The van der Waals surface area contributed by atoms with E-state index in [1.165, 1.54) is 5.56 Å². The van der Waals surface area contributed by atoms with Crippen molar-refractivity contribution in [3.8, 4) is 11.4 Å². The molecule has 19 heavy (non-hydrogen) atoms. The van der Waals surface area contributed by atoms with E-state index in [0.29, 0.717) is 0 Å². The smallest absolute Gasteiger partial charge is 0.181 e. The Bertz CT molecular complexity index is 531. The number of nitrogens with zero attached hydrogens (tertiary/aromatic N) is 3. The molecular weight excluding hydrogens is 238 g/mol. The number of aryl methyl sites for hydroxylation is 2. The van der Waals surface area contributed by atoms with E-state index in [1.54, 1.807) is 0 Å². The monoisotopic (exact) mass is 259 g/mol. The minimum Gasteiger partial charge on any atom is -0.374 e. The van der Waals surface area contributed by atoms with Crippen LogP contribution in [0.5, 0.6) is 0 Å². The molecule has 102 valence electrons. The molecule has 0 N–H and O–H groups in total. The number of benzene rings is 1. The highest BCUT2D eigenvalue weighted by atomic mass is 16.5. The van der Waals surface area contributed by atoms with Gasteiger partial charge in [0.25, 0.3) is 0 Å². The highest BCUT2D eigenvalue weighted by molar-refractivity contribution is 5.55. The van der Waals surface area contributed by atoms with Crippen LogP contribution in [0.25, 0.3) is 11.4 Å². The van der Waals surface area contributed by atoms with Gasteiger partial charge in [0.2, 0.25) is 0 Å². The lowest BCUT2D eigenvalue weighted by molar-refractivity contribution is 0.0764. The summed E-state index contributed by atoms with van der Waals surface area (Å²) in [6, 6.07) is 8.27. The Hall–Kier alpha value is -1.68. The zero-order chi connectivity index (χ0) is 13.8. The molecule has 0 amide bonds. The average Bonchev–Trinajstić information content (AvgIpc) is 2.80. The van der Waals surface area contributed by atoms with Gasteiger partial charge in [-0.05, 0) is 19.4 Å². The molecule has 1 heterocycles. The van der Waals surface area contributed by atoms with Crippen molar-refractivity contribution < 1.29 is 4.74 Å². The lowest BCUT2D eigenvalue weighted by atomic mass is 10.1. The van der Waals surface area contributed by atoms with Gasteiger partial charge in [-0.2, -0.15) is 5.10 Å². The van der Waals surface area contributed by atoms with E-state index in [9.17, 15) is 0 Å². The molecule has 0 saturated heterocycles. The molecule has 0 radical (unpaired) electrons. The summed E-state index contributed by atoms with van der Waals surface area (Å²) in [6.45, 7) is 6.88. The molecule has 0 spiro atoms. The van der Waals surface area contributed by atoms with Crippen molar-refractivity contribution in [3.05, 3.63) is 35.7 Å². The molecule has 1 aromatic heterocycles. The van der Waals surface area contributed by atoms with Crippen molar-refractivity contribution in [2.24, 2.45) is 7.05 Å². The summed E-state index contributed by atoms with van der Waals surface area (Å²) in [5.41, 5.74) is 2.22. The Balaban J connectivity index is 2.22. The van der Waals surface area contributed by atoms with Crippen LogP contribution in [-0.4, -0.2) is 21.4 Å². The fourth-order valence-corrected chi connectivity index (χ4v) is 2.10. The van der Waals surface area contributed by atoms with Crippen LogP contribution >= 0.6 is 0 Å². The average molecular weight is 259 g/mol. The summed E-state index contributed by atoms with van der Waals surface area (Å²) in [5.74, 6) is 1.79. The molecule has 4 nitrogen and oxygen atoms in total. The van der Waals surface area contributed by atoms with Crippen LogP contribution in [0.1, 0.15) is 38.3 Å². The van der Waals surface area contributed by atoms with Crippen molar-refractivity contribution in [3.63, 3.8) is 0 Å². The van der Waals surface area contributed by atoms with E-state index in [2.05, 4.69) is 48.2 Å². The van der Waals surface area contributed by atoms with Gasteiger partial charge in [-0.3, -0.25) is 4.68 Å². The third kappa shape index (κ3) is 3.01. The van der Waals surface area contributed by atoms with Gasteiger partial charge in [0.1, 0.15) is 5.82 Å². The molecular formula is C15H21N3O. The summed E-state index contributed by atoms with van der Waals surface area (Å²) in [5, 5.41) is 4.44. The van der Waals surface area contributed by atoms with Crippen molar-refractivity contribution in [2.75, 3.05) is 6.61 Å². The Morgan fingerprint density at radius 3 is 2.42 bits per heavy atom. The Labute approximate surface area is 114 Å². The highest BCUT2D eigenvalue weighted by Gasteiger charge is 2.09. The molecule has 2 rings (SSSR count). The van der Waals surface area contributed by atoms with E-state index in [-0.39, 0.29) is 6.10 Å². The number of hydrogen-bond acceptors (Lipinski definition) is 3. The van der Waals surface area contributed by atoms with Gasteiger partial charge in [0.05, 0.1) is 6.10 Å². The largest absolute Gasteiger partial charge is 0.374 e. The second-order valence-electron chi connectivity index (χ2n) is 4.55. The lowest BCUT2D eigenvalue weighted by Gasteiger charge is -2.11. The van der Waals surface area contributed by atoms with Gasteiger partial charge in [0, 0.05) is 25.6 Å². The second-order valence-corrected chi connectivity index (χ2v) is 4.55. The standard InChI is InChI=1S/C15H21N3O/c1-5-14-16-15(17-18(14)4)13-9-7-12(8-10-13)11(3)19-6-2/h7-11H,5-6H2,1-4H3. The van der Waals surface area contributed by atoms with Crippen LogP contribution in [0.3, 0.4) is 0 Å². The number of hydrogen-bond donors (Lipinski definition) is 0. The molecule has 0 aliphatic heterocycles. The fraction of sp³-hybridized carbons (Fsp3) is 0.467. The van der Waals surface area contributed by atoms with Gasteiger partial charge in [-0.1, -0.05) is 31.2 Å². The topological polar surface area (TPSA) is 39.9 Å². The predicted octanol–water partition coefficient (Wildman–Crippen LogP) is 3.14. The van der Waals surface area contributed by atoms with Gasteiger partial charge >= 0.3 is 0 Å². The van der Waals surface area contributed by atoms with Gasteiger partial charge in [-0.25, -0.2) is 4.98 Å². The molecule has 0 bridgehead atoms. The van der Waals surface area contributed by atoms with Crippen LogP contribution in [0.2, 0.25) is 0 Å². The molecule has 1 atom stereocenters. The highest BCUT2D eigenvalue weighted by Crippen LogP contribution is 2.21. The van der Waals surface area contributed by atoms with Crippen molar-refractivity contribution in [1.29, 1.82) is 0 Å². The van der Waals surface area contributed by atoms with Crippen LogP contribution < -0.4 is 0 Å². The van der Waals surface area contributed by atoms with Gasteiger partial charge in [-0.15, -0.1) is 0 Å². The first kappa shape index (κ1) is 13.7. The van der Waals surface area contributed by atoms with Crippen molar-refractivity contribution in [1.82, 2.24) is 14.8 Å². The molecule has 1 unspecified atom stereocenters. The van der Waals surface area contributed by atoms with Gasteiger partial charge in [0.15, 0.2) is 5.82 Å². The summed E-state index contributed by atoms with van der Waals surface area (Å²) in [7, 11) is 1.93. The molecule has 0 aliphatic carbocycles. The maximum Gasteiger partial charge on any atom is 0.181 e. The predicted molar refractivity (Wildman–Crippen MR) is 75.9 cm³/mol. The summed E-state index contributed by atoms with van der Waals surface area (Å²) >= 11 is 0. The maximum absolute atomic E-state index is 5.58. The SMILES string of the molecule is CCOC(C)c1ccc(-c2nc(CC)n(C)n2)cc1. The molecule has 2 aromatic rings. The first-order valence-electron chi connectivity index (χ1n) is 6.77. The van der Waals surface area contributed by atoms with E-state index in [0.717, 1.165) is 30.2 Å². The van der Waals surface area contributed by atoms with Crippen LogP contribution in [-0.2, 0) is 18.2 Å². The summed E-state index contributed by atoms with van der Waals surface area (Å²) in [6.07, 6.45) is 1.02. The summed E-state index contributed by atoms with van der Waals surface area (Å²) in [4.78, 5) is 4.53. The fourth-order valence-electron chi connectivity index (χ4n) is 2.10. The third-order valence-electron chi connectivity index (χ3n) is 3.22. The molecule has 0 aliphatic rings. The number of ether oxygens (including phenoxy) is 1. The van der Waals surface area contributed by atoms with E-state index >= 15 is 0 Å². The first-order valence-corrected chi connectivity index (χ1v) is 6.77. The van der Waals surface area contributed by atoms with E-state index < -0.39 is 0 Å². The summed E-state index contributed by atoms with van der Waals surface area (Å²) < 4.78 is 7.42. The van der Waals surface area contributed by atoms with E-state index in [1.807, 2.05) is 18.7 Å². The number of aromatic nitrogens is 3. The quantitative estimate of drug-likeness (QED) is 0.828. The molecule has 1 aromatic carbocycles. The Morgan fingerprint density at radius 1 is 1.21 bits per heavy atom. The van der Waals surface area contributed by atoms with Crippen molar-refractivity contribution >= 4 is 0 Å². The first-order chi connectivity index (χ1) is 9.15. The zero-order valence-corrected chi connectivity index (χ0v) is 12.1. The molecule has 4 heteroatoms. The van der Waals surface area contributed by atoms with Gasteiger partial charge < -0.3 is 4.74 Å². The maximum atomic E-state index is 5.58. The zero-order valence-electron chi connectivity index (χ0n) is 12.1. The van der Waals surface area contributed by atoms with E-state index in [4.69, 9.17) is 4.74 Å². The third-order valence-corrected chi connectivity index (χ3v) is 3.22. The van der Waals surface area contributed by atoms with Crippen molar-refractivity contribution in [2.45, 2.75) is 33.3 Å². The Morgan fingerprint density at radius 2 is 1.89 bits per heavy atom.